The zero-order valence-corrected chi connectivity index (χ0v) is 6.16. The van der Waals surface area contributed by atoms with Crippen molar-refractivity contribution in [3.05, 3.63) is 17.5 Å². The Morgan fingerprint density at radius 1 is 1.80 bits per heavy atom. The maximum Gasteiger partial charge on any atom is 0.109 e. The molecule has 1 fully saturated rings. The summed E-state index contributed by atoms with van der Waals surface area (Å²) in [6.07, 6.45) is 2.36. The smallest absolute Gasteiger partial charge is 0.109 e. The van der Waals surface area contributed by atoms with Crippen LogP contribution in [0, 0.1) is 6.92 Å². The molecule has 1 saturated heterocycles. The Hall–Kier alpha value is -0.830. The number of hydrogen-bond acceptors (Lipinski definition) is 2. The quantitative estimate of drug-likeness (QED) is 0.537. The molecular formula is C7H10N2O. The Kier molecular flexibility index (Phi) is 1.08. The van der Waals surface area contributed by atoms with Crippen molar-refractivity contribution in [2.24, 2.45) is 7.05 Å². The van der Waals surface area contributed by atoms with Gasteiger partial charge in [-0.2, -0.15) is 5.10 Å². The Balaban J connectivity index is 2.38. The molecule has 0 bridgehead atoms. The standard InChI is InChI=1S/C7H10N2O/c1-5-6(7-4-10-7)3-9(2)8-5/h3,7H,4H2,1-2H3/t7-/m1/s1. The van der Waals surface area contributed by atoms with E-state index in [1.54, 1.807) is 0 Å². The monoisotopic (exact) mass is 138 g/mol. The van der Waals surface area contributed by atoms with Crippen molar-refractivity contribution in [2.45, 2.75) is 13.0 Å². The normalized spacial score (nSPS) is 23.2. The van der Waals surface area contributed by atoms with Gasteiger partial charge in [0.2, 0.25) is 0 Å². The molecule has 1 aromatic heterocycles. The van der Waals surface area contributed by atoms with Gasteiger partial charge in [-0.05, 0) is 6.92 Å². The van der Waals surface area contributed by atoms with Gasteiger partial charge in [-0.3, -0.25) is 4.68 Å². The SMILES string of the molecule is Cc1nn(C)cc1[C@H]1CO1. The van der Waals surface area contributed by atoms with Crippen LogP contribution in [0.4, 0.5) is 0 Å². The molecule has 10 heavy (non-hydrogen) atoms. The van der Waals surface area contributed by atoms with Crippen LogP contribution in [0.3, 0.4) is 0 Å². The van der Waals surface area contributed by atoms with Crippen molar-refractivity contribution in [2.75, 3.05) is 6.61 Å². The largest absolute Gasteiger partial charge is 0.368 e. The van der Waals surface area contributed by atoms with Crippen molar-refractivity contribution in [3.8, 4) is 0 Å². The molecule has 1 aliphatic heterocycles. The Labute approximate surface area is 59.6 Å². The van der Waals surface area contributed by atoms with Gasteiger partial charge in [0, 0.05) is 18.8 Å². The highest BCUT2D eigenvalue weighted by atomic mass is 16.6. The van der Waals surface area contributed by atoms with E-state index in [2.05, 4.69) is 5.10 Å². The summed E-state index contributed by atoms with van der Waals surface area (Å²) in [5, 5.41) is 4.21. The molecule has 1 aromatic rings. The molecule has 0 N–H and O–H groups in total. The number of epoxide rings is 1. The molecule has 0 amide bonds. The van der Waals surface area contributed by atoms with E-state index in [0.717, 1.165) is 12.3 Å². The first-order chi connectivity index (χ1) is 4.77. The zero-order chi connectivity index (χ0) is 7.14. The summed E-state index contributed by atoms with van der Waals surface area (Å²) in [7, 11) is 1.93. The van der Waals surface area contributed by atoms with Gasteiger partial charge < -0.3 is 4.74 Å². The first-order valence-corrected chi connectivity index (χ1v) is 3.39. The van der Waals surface area contributed by atoms with E-state index in [4.69, 9.17) is 4.74 Å². The number of rotatable bonds is 1. The summed E-state index contributed by atoms with van der Waals surface area (Å²) in [6, 6.07) is 0. The second kappa shape index (κ2) is 1.83. The highest BCUT2D eigenvalue weighted by Crippen LogP contribution is 2.30. The highest BCUT2D eigenvalue weighted by molar-refractivity contribution is 5.21. The van der Waals surface area contributed by atoms with Crippen LogP contribution in [0.2, 0.25) is 0 Å². The summed E-state index contributed by atoms with van der Waals surface area (Å²) in [5.74, 6) is 0. The van der Waals surface area contributed by atoms with E-state index in [1.807, 2.05) is 24.9 Å². The third-order valence-electron chi connectivity index (χ3n) is 1.73. The average molecular weight is 138 g/mol. The van der Waals surface area contributed by atoms with Gasteiger partial charge in [0.05, 0.1) is 12.3 Å². The molecule has 1 aliphatic rings. The van der Waals surface area contributed by atoms with Crippen molar-refractivity contribution in [3.63, 3.8) is 0 Å². The van der Waals surface area contributed by atoms with Crippen molar-refractivity contribution < 1.29 is 4.74 Å². The van der Waals surface area contributed by atoms with Gasteiger partial charge in [-0.25, -0.2) is 0 Å². The minimum atomic E-state index is 0.341. The molecule has 0 spiro atoms. The first-order valence-electron chi connectivity index (χ1n) is 3.39. The lowest BCUT2D eigenvalue weighted by Crippen LogP contribution is -1.86. The van der Waals surface area contributed by atoms with Crippen LogP contribution in [0.25, 0.3) is 0 Å². The fourth-order valence-corrected chi connectivity index (χ4v) is 1.16. The van der Waals surface area contributed by atoms with Gasteiger partial charge >= 0.3 is 0 Å². The van der Waals surface area contributed by atoms with Crippen LogP contribution in [-0.2, 0) is 11.8 Å². The lowest BCUT2D eigenvalue weighted by Gasteiger charge is -1.85. The molecule has 0 aromatic carbocycles. The average Bonchev–Trinajstić information content (AvgIpc) is 2.61. The third kappa shape index (κ3) is 0.827. The number of nitrogens with zero attached hydrogens (tertiary/aromatic N) is 2. The zero-order valence-electron chi connectivity index (χ0n) is 6.16. The van der Waals surface area contributed by atoms with E-state index in [-0.39, 0.29) is 0 Å². The van der Waals surface area contributed by atoms with Crippen molar-refractivity contribution in [1.82, 2.24) is 9.78 Å². The minimum Gasteiger partial charge on any atom is -0.368 e. The lowest BCUT2D eigenvalue weighted by molar-refractivity contribution is 0.415. The summed E-state index contributed by atoms with van der Waals surface area (Å²) in [6.45, 7) is 2.88. The van der Waals surface area contributed by atoms with Crippen LogP contribution in [0.5, 0.6) is 0 Å². The van der Waals surface area contributed by atoms with Gasteiger partial charge in [-0.15, -0.1) is 0 Å². The molecule has 2 heterocycles. The fraction of sp³-hybridized carbons (Fsp3) is 0.571. The Bertz CT molecular complexity index is 250. The predicted octanol–water partition coefficient (Wildman–Crippen LogP) is 0.800. The number of ether oxygens (including phenoxy) is 1. The second-order valence-corrected chi connectivity index (χ2v) is 2.67. The number of aromatic nitrogens is 2. The van der Waals surface area contributed by atoms with Gasteiger partial charge in [0.1, 0.15) is 6.10 Å². The molecule has 2 rings (SSSR count). The van der Waals surface area contributed by atoms with Crippen LogP contribution in [-0.4, -0.2) is 16.4 Å². The summed E-state index contributed by atoms with van der Waals surface area (Å²) < 4.78 is 6.96. The van der Waals surface area contributed by atoms with E-state index >= 15 is 0 Å². The maximum atomic E-state index is 5.14. The molecular weight excluding hydrogens is 128 g/mol. The van der Waals surface area contributed by atoms with Gasteiger partial charge in [0.15, 0.2) is 0 Å². The van der Waals surface area contributed by atoms with E-state index in [0.29, 0.717) is 6.10 Å². The highest BCUT2D eigenvalue weighted by Gasteiger charge is 2.27. The fourth-order valence-electron chi connectivity index (χ4n) is 1.16. The predicted molar refractivity (Wildman–Crippen MR) is 36.6 cm³/mol. The van der Waals surface area contributed by atoms with E-state index in [1.165, 1.54) is 5.56 Å². The summed E-state index contributed by atoms with van der Waals surface area (Å²) in [5.41, 5.74) is 2.33. The minimum absolute atomic E-state index is 0.341. The van der Waals surface area contributed by atoms with Crippen molar-refractivity contribution in [1.29, 1.82) is 0 Å². The van der Waals surface area contributed by atoms with Crippen LogP contribution in [0.15, 0.2) is 6.20 Å². The van der Waals surface area contributed by atoms with E-state index in [9.17, 15) is 0 Å². The molecule has 54 valence electrons. The molecule has 1 atom stereocenters. The van der Waals surface area contributed by atoms with Crippen molar-refractivity contribution >= 4 is 0 Å². The third-order valence-corrected chi connectivity index (χ3v) is 1.73. The van der Waals surface area contributed by atoms with E-state index < -0.39 is 0 Å². The van der Waals surface area contributed by atoms with Crippen LogP contribution >= 0.6 is 0 Å². The molecule has 3 heteroatoms. The molecule has 0 saturated carbocycles. The first kappa shape index (κ1) is 5.92. The Morgan fingerprint density at radius 3 is 2.90 bits per heavy atom. The molecule has 3 nitrogen and oxygen atoms in total. The Morgan fingerprint density at radius 2 is 2.50 bits per heavy atom. The molecule has 0 radical (unpaired) electrons. The van der Waals surface area contributed by atoms with Crippen LogP contribution in [0.1, 0.15) is 17.4 Å². The number of aryl methyl sites for hydroxylation is 2. The number of hydrogen-bond donors (Lipinski definition) is 0. The molecule has 0 aliphatic carbocycles. The van der Waals surface area contributed by atoms with Crippen LogP contribution < -0.4 is 0 Å². The molecule has 0 unspecified atom stereocenters. The van der Waals surface area contributed by atoms with Gasteiger partial charge in [-0.1, -0.05) is 0 Å². The lowest BCUT2D eigenvalue weighted by atomic mass is 10.2. The topological polar surface area (TPSA) is 30.4 Å². The summed E-state index contributed by atoms with van der Waals surface area (Å²) >= 11 is 0. The summed E-state index contributed by atoms with van der Waals surface area (Å²) in [4.78, 5) is 0. The second-order valence-electron chi connectivity index (χ2n) is 2.67. The maximum absolute atomic E-state index is 5.14. The van der Waals surface area contributed by atoms with Gasteiger partial charge in [0.25, 0.3) is 0 Å².